The molecule has 2 aliphatic heterocycles. The van der Waals surface area contributed by atoms with E-state index in [2.05, 4.69) is 10.1 Å². The third kappa shape index (κ3) is 4.25. The quantitative estimate of drug-likeness (QED) is 0.795. The molecule has 23 heavy (non-hydrogen) atoms. The molecule has 1 unspecified atom stereocenters. The molecule has 0 bridgehead atoms. The van der Waals surface area contributed by atoms with Gasteiger partial charge in [-0.15, -0.1) is 0 Å². The van der Waals surface area contributed by atoms with Crippen LogP contribution in [0.5, 0.6) is 0 Å². The molecule has 2 rings (SSSR count). The lowest BCUT2D eigenvalue weighted by Crippen LogP contribution is -2.55. The second-order valence-corrected chi connectivity index (χ2v) is 5.70. The van der Waals surface area contributed by atoms with Crippen molar-refractivity contribution in [3.63, 3.8) is 0 Å². The van der Waals surface area contributed by atoms with Crippen molar-refractivity contribution in [2.75, 3.05) is 39.5 Å². The number of alkyl halides is 3. The first-order chi connectivity index (χ1) is 10.7. The van der Waals surface area contributed by atoms with Crippen LogP contribution in [0.25, 0.3) is 0 Å². The van der Waals surface area contributed by atoms with E-state index in [1.165, 1.54) is 0 Å². The molecule has 0 aromatic carbocycles. The molecule has 2 aliphatic rings. The maximum atomic E-state index is 12.6. The number of morpholine rings is 1. The molecule has 0 aromatic rings. The first-order valence-corrected chi connectivity index (χ1v) is 7.27. The maximum absolute atomic E-state index is 12.6. The number of hydrogen-bond acceptors (Lipinski definition) is 4. The van der Waals surface area contributed by atoms with Crippen molar-refractivity contribution < 1.29 is 37.3 Å². The predicted molar refractivity (Wildman–Crippen MR) is 70.9 cm³/mol. The number of halogens is 3. The van der Waals surface area contributed by atoms with E-state index >= 15 is 0 Å². The first-order valence-electron chi connectivity index (χ1n) is 7.27. The molecule has 0 saturated carbocycles. The Labute approximate surface area is 130 Å². The molecule has 2 fully saturated rings. The molecule has 7 nitrogen and oxygen atoms in total. The van der Waals surface area contributed by atoms with Crippen molar-refractivity contribution in [1.29, 1.82) is 0 Å². The van der Waals surface area contributed by atoms with Gasteiger partial charge in [0.05, 0.1) is 18.6 Å². The van der Waals surface area contributed by atoms with Crippen molar-refractivity contribution in [3.05, 3.63) is 0 Å². The Morgan fingerprint density at radius 3 is 2.48 bits per heavy atom. The number of hydrogen-bond donors (Lipinski definition) is 2. The van der Waals surface area contributed by atoms with Gasteiger partial charge in [-0.05, 0) is 12.8 Å². The van der Waals surface area contributed by atoms with E-state index in [0.29, 0.717) is 0 Å². The van der Waals surface area contributed by atoms with Crippen LogP contribution < -0.4 is 5.32 Å². The predicted octanol–water partition coefficient (Wildman–Crippen LogP) is 0.840. The molecule has 10 heteroatoms. The van der Waals surface area contributed by atoms with Gasteiger partial charge >= 0.3 is 18.2 Å². The van der Waals surface area contributed by atoms with Gasteiger partial charge in [0, 0.05) is 26.3 Å². The summed E-state index contributed by atoms with van der Waals surface area (Å²) < 4.78 is 47.7. The van der Waals surface area contributed by atoms with Gasteiger partial charge in [-0.3, -0.25) is 4.79 Å². The molecule has 2 saturated heterocycles. The molecular weight excluding hydrogens is 321 g/mol. The largest absolute Gasteiger partial charge is 0.481 e. The molecular formula is C13H19F3N2O5. The van der Waals surface area contributed by atoms with Crippen molar-refractivity contribution in [2.45, 2.75) is 25.1 Å². The summed E-state index contributed by atoms with van der Waals surface area (Å²) in [5, 5.41) is 11.8. The normalized spacial score (nSPS) is 25.0. The number of urea groups is 1. The number of carboxylic acid groups (broad SMARTS) is 1. The average molecular weight is 340 g/mol. The summed E-state index contributed by atoms with van der Waals surface area (Å²) in [6.07, 6.45) is -6.06. The third-order valence-corrected chi connectivity index (χ3v) is 4.20. The minimum atomic E-state index is -4.54. The minimum Gasteiger partial charge on any atom is -0.481 e. The summed E-state index contributed by atoms with van der Waals surface area (Å²) in [6.45, 7) is -0.375. The third-order valence-electron chi connectivity index (χ3n) is 4.20. The van der Waals surface area contributed by atoms with E-state index in [1.807, 2.05) is 0 Å². The fraction of sp³-hybridized carbons (Fsp3) is 0.846. The number of ether oxygens (including phenoxy) is 2. The Morgan fingerprint density at radius 1 is 1.26 bits per heavy atom. The van der Waals surface area contributed by atoms with Crippen molar-refractivity contribution in [2.24, 2.45) is 5.41 Å². The second-order valence-electron chi connectivity index (χ2n) is 5.70. The van der Waals surface area contributed by atoms with Gasteiger partial charge in [-0.1, -0.05) is 0 Å². The van der Waals surface area contributed by atoms with Gasteiger partial charge in [0.15, 0.2) is 6.10 Å². The van der Waals surface area contributed by atoms with Gasteiger partial charge in [-0.2, -0.15) is 13.2 Å². The lowest BCUT2D eigenvalue weighted by molar-refractivity contribution is -0.233. The molecule has 132 valence electrons. The Bertz CT molecular complexity index is 451. The molecule has 0 aromatic heterocycles. The van der Waals surface area contributed by atoms with Gasteiger partial charge in [0.2, 0.25) is 0 Å². The van der Waals surface area contributed by atoms with Crippen LogP contribution in [0.4, 0.5) is 18.0 Å². The highest BCUT2D eigenvalue weighted by Crippen LogP contribution is 2.30. The van der Waals surface area contributed by atoms with Gasteiger partial charge in [0.1, 0.15) is 0 Å². The molecule has 2 N–H and O–H groups in total. The van der Waals surface area contributed by atoms with Crippen LogP contribution in [0.2, 0.25) is 0 Å². The van der Waals surface area contributed by atoms with Crippen LogP contribution in [0.1, 0.15) is 12.8 Å². The van der Waals surface area contributed by atoms with Crippen LogP contribution in [-0.2, 0) is 14.3 Å². The maximum Gasteiger partial charge on any atom is 0.416 e. The number of aliphatic carboxylic acids is 1. The number of rotatable bonds is 3. The fourth-order valence-electron chi connectivity index (χ4n) is 2.62. The van der Waals surface area contributed by atoms with Gasteiger partial charge in [-0.25, -0.2) is 4.79 Å². The lowest BCUT2D eigenvalue weighted by atomic mass is 9.80. The molecule has 2 amide bonds. The minimum absolute atomic E-state index is 0.0294. The average Bonchev–Trinajstić information content (AvgIpc) is 2.52. The SMILES string of the molecule is O=C(NCC1(C(=O)O)CCOCC1)N1CCOC(C(F)(F)F)C1. The number of amides is 2. The number of nitrogens with one attached hydrogen (secondary N) is 1. The van der Waals surface area contributed by atoms with Gasteiger partial charge < -0.3 is 24.8 Å². The number of carbonyl (C=O) groups excluding carboxylic acids is 1. The highest BCUT2D eigenvalue weighted by molar-refractivity contribution is 5.78. The van der Waals surface area contributed by atoms with E-state index in [9.17, 15) is 27.9 Å². The van der Waals surface area contributed by atoms with E-state index in [4.69, 9.17) is 4.74 Å². The summed E-state index contributed by atoms with van der Waals surface area (Å²) in [6, 6.07) is -0.713. The molecule has 1 atom stereocenters. The number of nitrogens with zero attached hydrogens (tertiary/aromatic N) is 1. The zero-order valence-corrected chi connectivity index (χ0v) is 12.4. The number of carboxylic acids is 1. The van der Waals surface area contributed by atoms with Crippen LogP contribution in [-0.4, -0.2) is 73.7 Å². The first kappa shape index (κ1) is 17.8. The Morgan fingerprint density at radius 2 is 1.91 bits per heavy atom. The Kier molecular flexibility index (Phi) is 5.35. The van der Waals surface area contributed by atoms with E-state index in [0.717, 1.165) is 4.90 Å². The highest BCUT2D eigenvalue weighted by atomic mass is 19.4. The second kappa shape index (κ2) is 6.91. The zero-order valence-electron chi connectivity index (χ0n) is 12.4. The van der Waals surface area contributed by atoms with E-state index in [-0.39, 0.29) is 45.8 Å². The highest BCUT2D eigenvalue weighted by Gasteiger charge is 2.45. The monoisotopic (exact) mass is 340 g/mol. The summed E-state index contributed by atoms with van der Waals surface area (Å²) in [5.74, 6) is -1.05. The fourth-order valence-corrected chi connectivity index (χ4v) is 2.62. The van der Waals surface area contributed by atoms with E-state index in [1.54, 1.807) is 0 Å². The summed E-state index contributed by atoms with van der Waals surface area (Å²) in [5.41, 5.74) is -1.14. The van der Waals surface area contributed by atoms with Crippen LogP contribution in [0.3, 0.4) is 0 Å². The van der Waals surface area contributed by atoms with Crippen molar-refractivity contribution in [1.82, 2.24) is 10.2 Å². The van der Waals surface area contributed by atoms with E-state index < -0.39 is 36.2 Å². The standard InChI is InChI=1S/C13H19F3N2O5/c14-13(15,16)9-7-18(3-6-23-9)11(21)17-8-12(10(19)20)1-4-22-5-2-12/h9H,1-8H2,(H,17,21)(H,19,20). The van der Waals surface area contributed by atoms with Crippen LogP contribution in [0, 0.1) is 5.41 Å². The summed E-state index contributed by atoms with van der Waals surface area (Å²) >= 11 is 0. The molecule has 2 heterocycles. The molecule has 0 spiro atoms. The van der Waals surface area contributed by atoms with Crippen LogP contribution in [0.15, 0.2) is 0 Å². The Balaban J connectivity index is 1.92. The van der Waals surface area contributed by atoms with Crippen LogP contribution >= 0.6 is 0 Å². The Hall–Kier alpha value is -1.55. The topological polar surface area (TPSA) is 88.1 Å². The lowest BCUT2D eigenvalue weighted by Gasteiger charge is -2.36. The van der Waals surface area contributed by atoms with Crippen molar-refractivity contribution in [3.8, 4) is 0 Å². The van der Waals surface area contributed by atoms with Crippen molar-refractivity contribution >= 4 is 12.0 Å². The molecule has 0 radical (unpaired) electrons. The number of carbonyl (C=O) groups is 2. The zero-order chi connectivity index (χ0) is 17.1. The molecule has 0 aliphatic carbocycles. The van der Waals surface area contributed by atoms with Gasteiger partial charge in [0.25, 0.3) is 0 Å². The smallest absolute Gasteiger partial charge is 0.416 e. The summed E-state index contributed by atoms with van der Waals surface area (Å²) in [4.78, 5) is 24.5. The summed E-state index contributed by atoms with van der Waals surface area (Å²) in [7, 11) is 0.